The van der Waals surface area contributed by atoms with E-state index in [2.05, 4.69) is 23.3 Å². The van der Waals surface area contributed by atoms with Crippen LogP contribution in [-0.4, -0.2) is 12.1 Å². The van der Waals surface area contributed by atoms with Crippen LogP contribution in [0, 0.1) is 6.20 Å². The summed E-state index contributed by atoms with van der Waals surface area (Å²) in [5, 5.41) is 2.86. The lowest BCUT2D eigenvalue weighted by Gasteiger charge is -2.04. The summed E-state index contributed by atoms with van der Waals surface area (Å²) < 4.78 is 5.13. The molecule has 0 saturated carbocycles. The van der Waals surface area contributed by atoms with Crippen molar-refractivity contribution in [3.05, 3.63) is 41.4 Å². The summed E-state index contributed by atoms with van der Waals surface area (Å²) in [4.78, 5) is 4.17. The molecule has 0 aliphatic heterocycles. The van der Waals surface area contributed by atoms with Crippen LogP contribution in [0.1, 0.15) is 5.56 Å². The first-order chi connectivity index (χ1) is 6.92. The molecule has 0 atom stereocenters. The lowest BCUT2D eigenvalue weighted by molar-refractivity contribution is 0.185. The van der Waals surface area contributed by atoms with E-state index in [1.54, 1.807) is 18.4 Å². The van der Waals surface area contributed by atoms with Crippen molar-refractivity contribution in [3.8, 4) is 10.6 Å². The molecule has 0 unspecified atom stereocenters. The number of methoxy groups -OCH3 is 1. The number of aromatic nitrogens is 1. The fourth-order valence-corrected chi connectivity index (χ4v) is 1.98. The highest BCUT2D eigenvalue weighted by Gasteiger charge is 2.05. The summed E-state index contributed by atoms with van der Waals surface area (Å²) in [6.07, 6.45) is 2.83. The number of hydrogen-bond donors (Lipinski definition) is 0. The van der Waals surface area contributed by atoms with Crippen LogP contribution in [0.25, 0.3) is 10.6 Å². The molecule has 0 bridgehead atoms. The van der Waals surface area contributed by atoms with Crippen molar-refractivity contribution in [1.29, 1.82) is 0 Å². The fourth-order valence-electron chi connectivity index (χ4n) is 1.33. The van der Waals surface area contributed by atoms with Gasteiger partial charge in [-0.15, -0.1) is 11.3 Å². The van der Waals surface area contributed by atoms with Crippen molar-refractivity contribution in [2.45, 2.75) is 6.61 Å². The zero-order chi connectivity index (χ0) is 9.80. The minimum absolute atomic E-state index is 0.621. The number of benzene rings is 1. The number of ether oxygens (including phenoxy) is 1. The minimum Gasteiger partial charge on any atom is -0.380 e. The molecule has 3 heteroatoms. The number of nitrogens with zero attached hydrogens (tertiary/aromatic N) is 1. The summed E-state index contributed by atoms with van der Waals surface area (Å²) in [7, 11) is 1.70. The van der Waals surface area contributed by atoms with Crippen molar-refractivity contribution >= 4 is 11.3 Å². The maximum Gasteiger partial charge on any atom is 0.124 e. The highest BCUT2D eigenvalue weighted by Crippen LogP contribution is 2.25. The van der Waals surface area contributed by atoms with Gasteiger partial charge in [-0.3, -0.25) is 0 Å². The predicted molar refractivity (Wildman–Crippen MR) is 57.1 cm³/mol. The van der Waals surface area contributed by atoms with Crippen LogP contribution in [0.4, 0.5) is 0 Å². The smallest absolute Gasteiger partial charge is 0.124 e. The highest BCUT2D eigenvalue weighted by atomic mass is 32.1. The SMILES string of the molecule is COCc1ccccc1-c1n[c]cs1. The Hall–Kier alpha value is -1.19. The maximum atomic E-state index is 5.13. The molecular weight excluding hydrogens is 194 g/mol. The van der Waals surface area contributed by atoms with E-state index >= 15 is 0 Å². The van der Waals surface area contributed by atoms with Gasteiger partial charge in [-0.05, 0) is 5.56 Å². The second-order valence-electron chi connectivity index (χ2n) is 2.87. The molecular formula is C11H10NOS. The lowest BCUT2D eigenvalue weighted by atomic mass is 10.1. The maximum absolute atomic E-state index is 5.13. The highest BCUT2D eigenvalue weighted by molar-refractivity contribution is 7.13. The van der Waals surface area contributed by atoms with Crippen LogP contribution >= 0.6 is 11.3 Å². The van der Waals surface area contributed by atoms with Gasteiger partial charge in [0, 0.05) is 18.1 Å². The molecule has 1 radical (unpaired) electrons. The van der Waals surface area contributed by atoms with Gasteiger partial charge in [0.1, 0.15) is 11.2 Å². The first-order valence-corrected chi connectivity index (χ1v) is 5.18. The number of thiazole rings is 1. The van der Waals surface area contributed by atoms with Crippen LogP contribution in [0.5, 0.6) is 0 Å². The molecule has 0 aliphatic carbocycles. The Morgan fingerprint density at radius 2 is 2.29 bits per heavy atom. The Morgan fingerprint density at radius 1 is 1.43 bits per heavy atom. The molecule has 71 valence electrons. The van der Waals surface area contributed by atoms with E-state index < -0.39 is 0 Å². The van der Waals surface area contributed by atoms with Crippen LogP contribution in [0.15, 0.2) is 29.6 Å². The largest absolute Gasteiger partial charge is 0.380 e. The molecule has 2 rings (SSSR count). The second-order valence-corrected chi connectivity index (χ2v) is 3.73. The third-order valence-electron chi connectivity index (χ3n) is 1.94. The van der Waals surface area contributed by atoms with E-state index in [4.69, 9.17) is 4.74 Å². The molecule has 0 fully saturated rings. The van der Waals surface area contributed by atoms with Crippen molar-refractivity contribution in [2.24, 2.45) is 0 Å². The summed E-state index contributed by atoms with van der Waals surface area (Å²) in [5.41, 5.74) is 2.30. The molecule has 0 saturated heterocycles. The molecule has 1 aromatic heterocycles. The van der Waals surface area contributed by atoms with Gasteiger partial charge < -0.3 is 4.74 Å². The number of rotatable bonds is 3. The Kier molecular flexibility index (Phi) is 2.91. The summed E-state index contributed by atoms with van der Waals surface area (Å²) in [6.45, 7) is 0.621. The fraction of sp³-hybridized carbons (Fsp3) is 0.182. The van der Waals surface area contributed by atoms with Crippen molar-refractivity contribution < 1.29 is 4.74 Å². The monoisotopic (exact) mass is 204 g/mol. The van der Waals surface area contributed by atoms with Gasteiger partial charge in [-0.1, -0.05) is 24.3 Å². The van der Waals surface area contributed by atoms with Gasteiger partial charge in [0.05, 0.1) is 6.61 Å². The van der Waals surface area contributed by atoms with Crippen molar-refractivity contribution in [1.82, 2.24) is 4.98 Å². The van der Waals surface area contributed by atoms with Crippen LogP contribution in [-0.2, 0) is 11.3 Å². The Bertz CT molecular complexity index is 397. The van der Waals surface area contributed by atoms with Gasteiger partial charge in [0.15, 0.2) is 0 Å². The molecule has 2 nitrogen and oxygen atoms in total. The summed E-state index contributed by atoms with van der Waals surface area (Å²) in [5.74, 6) is 0. The van der Waals surface area contributed by atoms with Crippen molar-refractivity contribution in [3.63, 3.8) is 0 Å². The minimum atomic E-state index is 0.621. The van der Waals surface area contributed by atoms with E-state index in [0.717, 1.165) is 10.6 Å². The molecule has 0 spiro atoms. The van der Waals surface area contributed by atoms with Crippen LogP contribution < -0.4 is 0 Å². The normalized spacial score (nSPS) is 10.4. The van der Waals surface area contributed by atoms with E-state index in [-0.39, 0.29) is 0 Å². The van der Waals surface area contributed by atoms with E-state index in [0.29, 0.717) is 6.61 Å². The van der Waals surface area contributed by atoms with Gasteiger partial charge in [-0.2, -0.15) is 0 Å². The predicted octanol–water partition coefficient (Wildman–Crippen LogP) is 2.76. The van der Waals surface area contributed by atoms with E-state index in [1.165, 1.54) is 5.56 Å². The third-order valence-corrected chi connectivity index (χ3v) is 2.69. The van der Waals surface area contributed by atoms with Gasteiger partial charge in [-0.25, -0.2) is 4.98 Å². The molecule has 0 aliphatic rings. The van der Waals surface area contributed by atoms with Gasteiger partial charge in [0.25, 0.3) is 0 Å². The first-order valence-electron chi connectivity index (χ1n) is 4.30. The van der Waals surface area contributed by atoms with Gasteiger partial charge in [0.2, 0.25) is 0 Å². The zero-order valence-corrected chi connectivity index (χ0v) is 8.67. The van der Waals surface area contributed by atoms with E-state index in [9.17, 15) is 0 Å². The Labute approximate surface area is 87.2 Å². The first kappa shape index (κ1) is 9.37. The molecule has 1 heterocycles. The third kappa shape index (κ3) is 1.84. The molecule has 2 aromatic rings. The quantitative estimate of drug-likeness (QED) is 0.767. The lowest BCUT2D eigenvalue weighted by Crippen LogP contribution is -1.90. The Balaban J connectivity index is 2.42. The van der Waals surface area contributed by atoms with E-state index in [1.807, 2.05) is 17.5 Å². The molecule has 0 N–H and O–H groups in total. The van der Waals surface area contributed by atoms with Crippen LogP contribution in [0.2, 0.25) is 0 Å². The van der Waals surface area contributed by atoms with Crippen molar-refractivity contribution in [2.75, 3.05) is 7.11 Å². The average molecular weight is 204 g/mol. The number of hydrogen-bond acceptors (Lipinski definition) is 3. The van der Waals surface area contributed by atoms with Gasteiger partial charge >= 0.3 is 0 Å². The topological polar surface area (TPSA) is 22.1 Å². The summed E-state index contributed by atoms with van der Waals surface area (Å²) >= 11 is 1.59. The molecule has 14 heavy (non-hydrogen) atoms. The second kappa shape index (κ2) is 4.35. The zero-order valence-electron chi connectivity index (χ0n) is 7.86. The standard InChI is InChI=1S/C11H10NOS/c1-13-8-9-4-2-3-5-10(9)11-12-6-7-14-11/h2-5,7H,8H2,1H3. The molecule has 1 aromatic carbocycles. The summed E-state index contributed by atoms with van der Waals surface area (Å²) in [6, 6.07) is 8.13. The van der Waals surface area contributed by atoms with Crippen LogP contribution in [0.3, 0.4) is 0 Å². The molecule has 0 amide bonds. The average Bonchev–Trinajstić information content (AvgIpc) is 2.72. The Morgan fingerprint density at radius 3 is 3.00 bits per heavy atom.